The van der Waals surface area contributed by atoms with Crippen molar-refractivity contribution in [3.05, 3.63) is 12.3 Å². The summed E-state index contributed by atoms with van der Waals surface area (Å²) < 4.78 is 6.95. The van der Waals surface area contributed by atoms with Crippen molar-refractivity contribution < 1.29 is 4.74 Å². The molecule has 0 atom stereocenters. The molecule has 1 aromatic heterocycles. The first kappa shape index (κ1) is 13.3. The van der Waals surface area contributed by atoms with Crippen molar-refractivity contribution in [1.82, 2.24) is 20.4 Å². The van der Waals surface area contributed by atoms with E-state index in [4.69, 9.17) is 17.0 Å². The Bertz CT molecular complexity index is 391. The summed E-state index contributed by atoms with van der Waals surface area (Å²) in [4.78, 5) is 0. The van der Waals surface area contributed by atoms with Crippen molar-refractivity contribution in [2.75, 3.05) is 38.7 Å². The molecule has 0 unspecified atom stereocenters. The Hall–Kier alpha value is -1.18. The molecule has 1 aliphatic rings. The molecule has 100 valence electrons. The fourth-order valence-electron chi connectivity index (χ4n) is 1.73. The molecule has 0 radical (unpaired) electrons. The largest absolute Gasteiger partial charge is 0.385 e. The van der Waals surface area contributed by atoms with Crippen LogP contribution in [-0.4, -0.2) is 48.2 Å². The minimum atomic E-state index is 0.429. The van der Waals surface area contributed by atoms with E-state index in [1.54, 1.807) is 13.3 Å². The summed E-state index contributed by atoms with van der Waals surface area (Å²) in [6, 6.07) is 2.36. The Kier molecular flexibility index (Phi) is 4.91. The van der Waals surface area contributed by atoms with Crippen molar-refractivity contribution in [3.63, 3.8) is 0 Å². The van der Waals surface area contributed by atoms with Gasteiger partial charge in [-0.25, -0.2) is 4.68 Å². The minimum absolute atomic E-state index is 0.429. The number of ether oxygens (including phenoxy) is 1. The number of anilines is 1. The van der Waals surface area contributed by atoms with Crippen molar-refractivity contribution in [1.29, 1.82) is 0 Å². The van der Waals surface area contributed by atoms with Gasteiger partial charge in [0.1, 0.15) is 5.82 Å². The molecule has 0 spiro atoms. The number of rotatable bonds is 6. The predicted molar refractivity (Wildman–Crippen MR) is 74.9 cm³/mol. The van der Waals surface area contributed by atoms with Crippen LogP contribution in [0.25, 0.3) is 0 Å². The van der Waals surface area contributed by atoms with E-state index in [0.29, 0.717) is 11.2 Å². The Morgan fingerprint density at radius 3 is 3.17 bits per heavy atom. The second kappa shape index (κ2) is 6.67. The van der Waals surface area contributed by atoms with Crippen LogP contribution in [0, 0.1) is 0 Å². The third kappa shape index (κ3) is 3.41. The van der Waals surface area contributed by atoms with Crippen molar-refractivity contribution in [2.24, 2.45) is 0 Å². The first-order valence-electron chi connectivity index (χ1n) is 6.09. The third-order valence-electron chi connectivity index (χ3n) is 2.83. The van der Waals surface area contributed by atoms with Crippen molar-refractivity contribution in [3.8, 4) is 0 Å². The zero-order chi connectivity index (χ0) is 12.8. The number of thiocarbonyl (C=S) groups is 1. The molecule has 2 heterocycles. The molecule has 18 heavy (non-hydrogen) atoms. The van der Waals surface area contributed by atoms with Gasteiger partial charge in [0.25, 0.3) is 0 Å². The summed E-state index contributed by atoms with van der Waals surface area (Å²) in [6.45, 7) is 3.47. The number of methoxy groups -OCH3 is 1. The summed E-state index contributed by atoms with van der Waals surface area (Å²) in [7, 11) is 1.70. The van der Waals surface area contributed by atoms with E-state index in [-0.39, 0.29) is 0 Å². The summed E-state index contributed by atoms with van der Waals surface area (Å²) in [6.07, 6.45) is 2.72. The van der Waals surface area contributed by atoms with E-state index in [2.05, 4.69) is 21.0 Å². The van der Waals surface area contributed by atoms with Gasteiger partial charge < -0.3 is 20.7 Å². The molecule has 6 nitrogen and oxygen atoms in total. The normalized spacial score (nSPS) is 15.2. The number of aromatic nitrogens is 2. The molecular weight excluding hydrogens is 250 g/mol. The fourth-order valence-corrected chi connectivity index (χ4v) is 1.94. The predicted octanol–water partition coefficient (Wildman–Crippen LogP) is 0.350. The van der Waals surface area contributed by atoms with Gasteiger partial charge in [-0.3, -0.25) is 0 Å². The van der Waals surface area contributed by atoms with Gasteiger partial charge in [-0.1, -0.05) is 0 Å². The molecule has 2 rings (SSSR count). The molecule has 0 amide bonds. The minimum Gasteiger partial charge on any atom is -0.385 e. The first-order chi connectivity index (χ1) is 8.81. The van der Waals surface area contributed by atoms with Gasteiger partial charge in [0.05, 0.1) is 12.2 Å². The van der Waals surface area contributed by atoms with Crippen molar-refractivity contribution >= 4 is 23.1 Å². The Labute approximate surface area is 112 Å². The number of nitrogens with one attached hydrogen (secondary N) is 3. The first-order valence-corrected chi connectivity index (χ1v) is 6.50. The quantitative estimate of drug-likeness (QED) is 0.512. The maximum atomic E-state index is 5.23. The number of nitrogens with zero attached hydrogens (tertiary/aromatic N) is 2. The summed E-state index contributed by atoms with van der Waals surface area (Å²) >= 11 is 5.23. The van der Waals surface area contributed by atoms with Gasteiger partial charge in [-0.05, 0) is 18.6 Å². The number of hydrogen-bond acceptors (Lipinski definition) is 4. The lowest BCUT2D eigenvalue weighted by atomic mass is 10.2. The molecule has 0 bridgehead atoms. The van der Waals surface area contributed by atoms with Crippen LogP contribution in [0.4, 0.5) is 5.82 Å². The van der Waals surface area contributed by atoms with Crippen LogP contribution in [0.3, 0.4) is 0 Å². The molecule has 0 aliphatic carbocycles. The molecule has 1 saturated heterocycles. The van der Waals surface area contributed by atoms with E-state index < -0.39 is 0 Å². The summed E-state index contributed by atoms with van der Waals surface area (Å²) in [5, 5.41) is 14.5. The molecule has 1 aliphatic heterocycles. The molecule has 1 aromatic rings. The highest BCUT2D eigenvalue weighted by Crippen LogP contribution is 2.17. The second-order valence-electron chi connectivity index (χ2n) is 4.20. The maximum Gasteiger partial charge on any atom is 0.171 e. The smallest absolute Gasteiger partial charge is 0.171 e. The van der Waals surface area contributed by atoms with E-state index in [9.17, 15) is 0 Å². The SMILES string of the molecule is COCCCNC(=S)Nc1ccnn1C1CNC1. The van der Waals surface area contributed by atoms with Crippen molar-refractivity contribution in [2.45, 2.75) is 12.5 Å². The molecule has 7 heteroatoms. The number of hydrogen-bond donors (Lipinski definition) is 3. The van der Waals surface area contributed by atoms with E-state index in [1.807, 2.05) is 10.7 Å². The summed E-state index contributed by atoms with van der Waals surface area (Å²) in [5.74, 6) is 0.936. The zero-order valence-corrected chi connectivity index (χ0v) is 11.3. The van der Waals surface area contributed by atoms with Crippen LogP contribution in [0.5, 0.6) is 0 Å². The highest BCUT2D eigenvalue weighted by atomic mass is 32.1. The molecular formula is C11H19N5OS. The average molecular weight is 269 g/mol. The molecule has 0 aromatic carbocycles. The van der Waals surface area contributed by atoms with E-state index in [0.717, 1.165) is 38.5 Å². The second-order valence-corrected chi connectivity index (χ2v) is 4.61. The topological polar surface area (TPSA) is 63.1 Å². The van der Waals surface area contributed by atoms with E-state index in [1.165, 1.54) is 0 Å². The van der Waals surface area contributed by atoms with Gasteiger partial charge >= 0.3 is 0 Å². The monoisotopic (exact) mass is 269 g/mol. The van der Waals surface area contributed by atoms with E-state index >= 15 is 0 Å². The zero-order valence-electron chi connectivity index (χ0n) is 10.5. The lowest BCUT2D eigenvalue weighted by Crippen LogP contribution is -2.44. The Morgan fingerprint density at radius 2 is 2.50 bits per heavy atom. The van der Waals surface area contributed by atoms with Crippen LogP contribution in [0.2, 0.25) is 0 Å². The molecule has 1 fully saturated rings. The average Bonchev–Trinajstić information content (AvgIpc) is 2.71. The highest BCUT2D eigenvalue weighted by molar-refractivity contribution is 7.80. The highest BCUT2D eigenvalue weighted by Gasteiger charge is 2.21. The van der Waals surface area contributed by atoms with Crippen LogP contribution in [0.1, 0.15) is 12.5 Å². The van der Waals surface area contributed by atoms with Crippen LogP contribution < -0.4 is 16.0 Å². The Balaban J connectivity index is 1.78. The Morgan fingerprint density at radius 1 is 1.67 bits per heavy atom. The third-order valence-corrected chi connectivity index (χ3v) is 3.07. The molecule has 3 N–H and O–H groups in total. The van der Waals surface area contributed by atoms with Gasteiger partial charge in [-0.2, -0.15) is 5.10 Å². The lowest BCUT2D eigenvalue weighted by molar-refractivity contribution is 0.196. The van der Waals surface area contributed by atoms with Crippen LogP contribution in [-0.2, 0) is 4.74 Å². The lowest BCUT2D eigenvalue weighted by Gasteiger charge is -2.29. The standard InChI is InChI=1S/C11H19N5OS/c1-17-6-2-4-13-11(18)15-10-3-5-14-16(10)9-7-12-8-9/h3,5,9,12H,2,4,6-8H2,1H3,(H2,13,15,18). The van der Waals surface area contributed by atoms with Gasteiger partial charge in [0.15, 0.2) is 5.11 Å². The van der Waals surface area contributed by atoms with Gasteiger partial charge in [-0.15, -0.1) is 0 Å². The molecule has 0 saturated carbocycles. The van der Waals surface area contributed by atoms with Gasteiger partial charge in [0.2, 0.25) is 0 Å². The van der Waals surface area contributed by atoms with Crippen LogP contribution in [0.15, 0.2) is 12.3 Å². The van der Waals surface area contributed by atoms with Crippen LogP contribution >= 0.6 is 12.2 Å². The van der Waals surface area contributed by atoms with Gasteiger partial charge in [0, 0.05) is 39.4 Å². The fraction of sp³-hybridized carbons (Fsp3) is 0.636. The maximum absolute atomic E-state index is 5.23. The summed E-state index contributed by atoms with van der Waals surface area (Å²) in [5.41, 5.74) is 0.